The van der Waals surface area contributed by atoms with Crippen LogP contribution in [0.25, 0.3) is 10.9 Å². The maximum absolute atomic E-state index is 11.9. The summed E-state index contributed by atoms with van der Waals surface area (Å²) in [5.41, 5.74) is 1.18. The van der Waals surface area contributed by atoms with Gasteiger partial charge in [-0.1, -0.05) is 19.9 Å². The van der Waals surface area contributed by atoms with Crippen LogP contribution in [0.4, 0.5) is 0 Å². The topological polar surface area (TPSA) is 83.6 Å². The third-order valence-electron chi connectivity index (χ3n) is 3.84. The first-order valence-electron chi connectivity index (χ1n) is 8.99. The van der Waals surface area contributed by atoms with Crippen molar-refractivity contribution in [3.8, 4) is 5.75 Å². The Balaban J connectivity index is 2.01. The van der Waals surface area contributed by atoms with Crippen molar-refractivity contribution in [3.63, 3.8) is 0 Å². The fourth-order valence-electron chi connectivity index (χ4n) is 2.37. The van der Waals surface area contributed by atoms with Crippen LogP contribution in [0.5, 0.6) is 5.75 Å². The average molecular weight is 362 g/mol. The van der Waals surface area contributed by atoms with Crippen LogP contribution in [0.15, 0.2) is 24.3 Å². The number of carbonyl (C=O) groups excluding carboxylic acids is 1. The van der Waals surface area contributed by atoms with Gasteiger partial charge in [0.05, 0.1) is 11.1 Å². The highest BCUT2D eigenvalue weighted by molar-refractivity contribution is 5.86. The highest BCUT2D eigenvalue weighted by Gasteiger charge is 2.23. The van der Waals surface area contributed by atoms with Crippen LogP contribution >= 0.6 is 0 Å². The van der Waals surface area contributed by atoms with Crippen molar-refractivity contribution >= 4 is 16.9 Å². The summed E-state index contributed by atoms with van der Waals surface area (Å²) in [6.07, 6.45) is -0.584. The van der Waals surface area contributed by atoms with Crippen molar-refractivity contribution < 1.29 is 19.4 Å². The Kier molecular flexibility index (Phi) is 6.67. The molecule has 0 aliphatic carbocycles. The SMILES string of the molecule is CC(C)NCC(O)COc1cccc2[nH]c(COC(=O)C(C)(C)C)cc12. The minimum absolute atomic E-state index is 0.186. The van der Waals surface area contributed by atoms with Gasteiger partial charge in [0.2, 0.25) is 0 Å². The zero-order chi connectivity index (χ0) is 19.3. The van der Waals surface area contributed by atoms with Crippen molar-refractivity contribution in [2.75, 3.05) is 13.2 Å². The number of benzene rings is 1. The number of rotatable bonds is 8. The molecule has 0 saturated carbocycles. The summed E-state index contributed by atoms with van der Waals surface area (Å²) in [5.74, 6) is 0.448. The highest BCUT2D eigenvalue weighted by Crippen LogP contribution is 2.27. The molecule has 26 heavy (non-hydrogen) atoms. The number of aliphatic hydroxyl groups excluding tert-OH is 1. The normalized spacial score (nSPS) is 13.2. The molecular weight excluding hydrogens is 332 g/mol. The Labute approximate surface area is 154 Å². The molecule has 2 aromatic rings. The number of nitrogens with one attached hydrogen (secondary N) is 2. The van der Waals surface area contributed by atoms with Crippen molar-refractivity contribution in [1.82, 2.24) is 10.3 Å². The number of esters is 1. The van der Waals surface area contributed by atoms with Gasteiger partial charge in [-0.2, -0.15) is 0 Å². The summed E-state index contributed by atoms with van der Waals surface area (Å²) < 4.78 is 11.1. The summed E-state index contributed by atoms with van der Waals surface area (Å²) in [6, 6.07) is 7.92. The molecular formula is C20H30N2O4. The Morgan fingerprint density at radius 3 is 2.69 bits per heavy atom. The second kappa shape index (κ2) is 8.56. The molecule has 0 saturated heterocycles. The Morgan fingerprint density at radius 1 is 1.31 bits per heavy atom. The lowest BCUT2D eigenvalue weighted by molar-refractivity contribution is -0.154. The lowest BCUT2D eigenvalue weighted by Gasteiger charge is -2.16. The molecule has 0 spiro atoms. The molecule has 1 aromatic heterocycles. The zero-order valence-electron chi connectivity index (χ0n) is 16.3. The summed E-state index contributed by atoms with van der Waals surface area (Å²) in [4.78, 5) is 15.2. The van der Waals surface area contributed by atoms with Gasteiger partial charge in [-0.25, -0.2) is 0 Å². The van der Waals surface area contributed by atoms with Crippen molar-refractivity contribution in [2.24, 2.45) is 5.41 Å². The van der Waals surface area contributed by atoms with E-state index in [1.54, 1.807) is 0 Å². The van der Waals surface area contributed by atoms with Crippen LogP contribution in [0.2, 0.25) is 0 Å². The molecule has 1 heterocycles. The molecule has 0 fully saturated rings. The first-order valence-corrected chi connectivity index (χ1v) is 8.99. The second-order valence-electron chi connectivity index (χ2n) is 7.87. The molecule has 0 aliphatic heterocycles. The van der Waals surface area contributed by atoms with Crippen molar-refractivity contribution in [2.45, 2.75) is 53.4 Å². The van der Waals surface area contributed by atoms with E-state index >= 15 is 0 Å². The number of carbonyl (C=O) groups is 1. The van der Waals surface area contributed by atoms with E-state index in [1.807, 2.05) is 58.9 Å². The average Bonchev–Trinajstić information content (AvgIpc) is 2.98. The number of H-pyrrole nitrogens is 1. The fourth-order valence-corrected chi connectivity index (χ4v) is 2.37. The summed E-state index contributed by atoms with van der Waals surface area (Å²) >= 11 is 0. The van der Waals surface area contributed by atoms with Gasteiger partial charge in [0.15, 0.2) is 0 Å². The van der Waals surface area contributed by atoms with E-state index in [0.29, 0.717) is 18.3 Å². The van der Waals surface area contributed by atoms with Crippen molar-refractivity contribution in [1.29, 1.82) is 0 Å². The highest BCUT2D eigenvalue weighted by atomic mass is 16.5. The predicted octanol–water partition coefficient (Wildman–Crippen LogP) is 2.99. The number of fused-ring (bicyclic) bond motifs is 1. The lowest BCUT2D eigenvalue weighted by atomic mass is 9.97. The smallest absolute Gasteiger partial charge is 0.311 e. The van der Waals surface area contributed by atoms with E-state index in [4.69, 9.17) is 9.47 Å². The number of hydrogen-bond acceptors (Lipinski definition) is 5. The number of aromatic nitrogens is 1. The van der Waals surface area contributed by atoms with Gasteiger partial charge in [0, 0.05) is 23.5 Å². The van der Waals surface area contributed by atoms with Gasteiger partial charge in [0.25, 0.3) is 0 Å². The third kappa shape index (κ3) is 5.75. The maximum atomic E-state index is 11.9. The van der Waals surface area contributed by atoms with Gasteiger partial charge in [-0.05, 0) is 39.0 Å². The first-order chi connectivity index (χ1) is 12.2. The number of aliphatic hydroxyl groups is 1. The zero-order valence-corrected chi connectivity index (χ0v) is 16.3. The quantitative estimate of drug-likeness (QED) is 0.629. The third-order valence-corrected chi connectivity index (χ3v) is 3.84. The van der Waals surface area contributed by atoms with Gasteiger partial charge in [-0.15, -0.1) is 0 Å². The largest absolute Gasteiger partial charge is 0.490 e. The maximum Gasteiger partial charge on any atom is 0.311 e. The van der Waals surface area contributed by atoms with E-state index in [0.717, 1.165) is 16.6 Å². The van der Waals surface area contributed by atoms with E-state index in [9.17, 15) is 9.90 Å². The number of aromatic amines is 1. The Morgan fingerprint density at radius 2 is 2.04 bits per heavy atom. The summed E-state index contributed by atoms with van der Waals surface area (Å²) in [5, 5.41) is 14.1. The molecule has 0 bridgehead atoms. The van der Waals surface area contributed by atoms with Gasteiger partial charge in [-0.3, -0.25) is 4.79 Å². The van der Waals surface area contributed by atoms with E-state index in [2.05, 4.69) is 10.3 Å². The molecule has 1 aromatic carbocycles. The van der Waals surface area contributed by atoms with Crippen LogP contribution in [0.1, 0.15) is 40.3 Å². The van der Waals surface area contributed by atoms with E-state index < -0.39 is 11.5 Å². The van der Waals surface area contributed by atoms with E-state index in [-0.39, 0.29) is 19.2 Å². The van der Waals surface area contributed by atoms with Crippen molar-refractivity contribution in [3.05, 3.63) is 30.0 Å². The molecule has 0 amide bonds. The Bertz CT molecular complexity index is 731. The predicted molar refractivity (Wildman–Crippen MR) is 102 cm³/mol. The van der Waals surface area contributed by atoms with Crippen LogP contribution in [-0.2, 0) is 16.1 Å². The summed E-state index contributed by atoms with van der Waals surface area (Å²) in [6.45, 7) is 10.4. The first kappa shape index (κ1) is 20.3. The van der Waals surface area contributed by atoms with Gasteiger partial charge in [0.1, 0.15) is 25.1 Å². The van der Waals surface area contributed by atoms with Crippen LogP contribution in [0, 0.1) is 5.41 Å². The molecule has 0 aliphatic rings. The minimum Gasteiger partial charge on any atom is -0.490 e. The molecule has 6 nitrogen and oxygen atoms in total. The molecule has 1 atom stereocenters. The van der Waals surface area contributed by atoms with Crippen LogP contribution in [0.3, 0.4) is 0 Å². The summed E-state index contributed by atoms with van der Waals surface area (Å²) in [7, 11) is 0. The molecule has 3 N–H and O–H groups in total. The Hall–Kier alpha value is -2.05. The number of hydrogen-bond donors (Lipinski definition) is 3. The lowest BCUT2D eigenvalue weighted by Crippen LogP contribution is -2.35. The van der Waals surface area contributed by atoms with E-state index in [1.165, 1.54) is 0 Å². The molecule has 2 rings (SSSR count). The van der Waals surface area contributed by atoms with Gasteiger partial charge < -0.3 is 24.9 Å². The van der Waals surface area contributed by atoms with Crippen LogP contribution in [-0.4, -0.2) is 41.4 Å². The number of ether oxygens (including phenoxy) is 2. The molecule has 6 heteroatoms. The minimum atomic E-state index is -0.584. The van der Waals surface area contributed by atoms with Gasteiger partial charge >= 0.3 is 5.97 Å². The fraction of sp³-hybridized carbons (Fsp3) is 0.550. The monoisotopic (exact) mass is 362 g/mol. The van der Waals surface area contributed by atoms with Crippen LogP contribution < -0.4 is 10.1 Å². The molecule has 144 valence electrons. The standard InChI is InChI=1S/C20H30N2O4/c1-13(2)21-10-15(23)12-25-18-8-6-7-17-16(18)9-14(22-17)11-26-19(24)20(3,4)5/h6-9,13,15,21-23H,10-12H2,1-5H3. The second-order valence-corrected chi connectivity index (χ2v) is 7.87. The molecule has 0 radical (unpaired) electrons. The molecule has 1 unspecified atom stereocenters.